The molecule has 2 unspecified atom stereocenters. The van der Waals surface area contributed by atoms with Gasteiger partial charge in [0.1, 0.15) is 12.1 Å². The van der Waals surface area contributed by atoms with Crippen molar-refractivity contribution in [1.82, 2.24) is 9.80 Å². The number of aliphatic carboxylic acids is 1. The van der Waals surface area contributed by atoms with Gasteiger partial charge in [-0.1, -0.05) is 0 Å². The second-order valence-corrected chi connectivity index (χ2v) is 5.81. The maximum absolute atomic E-state index is 12.4. The van der Waals surface area contributed by atoms with Crippen molar-refractivity contribution in [1.29, 1.82) is 0 Å². The van der Waals surface area contributed by atoms with E-state index in [1.54, 1.807) is 0 Å². The summed E-state index contributed by atoms with van der Waals surface area (Å²) in [5.74, 6) is -0.430. The van der Waals surface area contributed by atoms with Crippen LogP contribution in [0.1, 0.15) is 12.8 Å². The third-order valence-electron chi connectivity index (χ3n) is 3.49. The highest BCUT2D eigenvalue weighted by molar-refractivity contribution is 7.99. The van der Waals surface area contributed by atoms with Crippen molar-refractivity contribution >= 4 is 29.7 Å². The van der Waals surface area contributed by atoms with Crippen LogP contribution in [-0.4, -0.2) is 69.5 Å². The van der Waals surface area contributed by atoms with Gasteiger partial charge in [0.25, 0.3) is 0 Å². The van der Waals surface area contributed by atoms with E-state index >= 15 is 0 Å². The largest absolute Gasteiger partial charge is 0.480 e. The fourth-order valence-electron chi connectivity index (χ4n) is 2.49. The quantitative estimate of drug-likeness (QED) is 0.716. The highest BCUT2D eigenvalue weighted by atomic mass is 32.2. The summed E-state index contributed by atoms with van der Waals surface area (Å²) >= 11 is 1.52. The summed E-state index contributed by atoms with van der Waals surface area (Å²) in [4.78, 5) is 37.6. The average Bonchev–Trinajstić information content (AvgIpc) is 2.87. The molecule has 2 atom stereocenters. The zero-order valence-corrected chi connectivity index (χ0v) is 11.3. The number of amides is 3. The SMILES string of the molecule is NC(=O)C1CCCN1C(=O)N1CCSCC1C(=O)O. The number of hydrogen-bond donors (Lipinski definition) is 2. The lowest BCUT2D eigenvalue weighted by Crippen LogP contribution is -2.57. The number of likely N-dealkylation sites (tertiary alicyclic amines) is 1. The second kappa shape index (κ2) is 5.68. The summed E-state index contributed by atoms with van der Waals surface area (Å²) in [6.07, 6.45) is 1.28. The van der Waals surface area contributed by atoms with Crippen LogP contribution in [-0.2, 0) is 9.59 Å². The molecule has 0 aromatic heterocycles. The van der Waals surface area contributed by atoms with Crippen LogP contribution in [0.25, 0.3) is 0 Å². The van der Waals surface area contributed by atoms with Crippen molar-refractivity contribution < 1.29 is 19.5 Å². The highest BCUT2D eigenvalue weighted by Gasteiger charge is 2.40. The number of thioether (sulfide) groups is 1. The predicted molar refractivity (Wildman–Crippen MR) is 69.8 cm³/mol. The Labute approximate surface area is 115 Å². The molecule has 3 N–H and O–H groups in total. The molecule has 0 bridgehead atoms. The van der Waals surface area contributed by atoms with Crippen LogP contribution in [0.3, 0.4) is 0 Å². The average molecular weight is 287 g/mol. The minimum atomic E-state index is -1.00. The highest BCUT2D eigenvalue weighted by Crippen LogP contribution is 2.23. The maximum Gasteiger partial charge on any atom is 0.327 e. The predicted octanol–water partition coefficient (Wildman–Crippen LogP) is -0.442. The van der Waals surface area contributed by atoms with Gasteiger partial charge in [0.2, 0.25) is 5.91 Å². The fraction of sp³-hybridized carbons (Fsp3) is 0.727. The Bertz CT molecular complexity index is 403. The number of carboxylic acids is 1. The standard InChI is InChI=1S/C11H17N3O4S/c12-9(15)7-2-1-3-13(7)11(18)14-4-5-19-6-8(14)10(16)17/h7-8H,1-6H2,(H2,12,15)(H,16,17). The summed E-state index contributed by atoms with van der Waals surface area (Å²) in [6.45, 7) is 0.852. The van der Waals surface area contributed by atoms with Crippen LogP contribution in [0.2, 0.25) is 0 Å². The molecule has 2 rings (SSSR count). The number of rotatable bonds is 2. The monoisotopic (exact) mass is 287 g/mol. The topological polar surface area (TPSA) is 104 Å². The summed E-state index contributed by atoms with van der Waals surface area (Å²) < 4.78 is 0. The maximum atomic E-state index is 12.4. The van der Waals surface area contributed by atoms with Crippen molar-refractivity contribution in [3.8, 4) is 0 Å². The number of carbonyl (C=O) groups is 3. The fourth-order valence-corrected chi connectivity index (χ4v) is 3.53. The Hall–Kier alpha value is -1.44. The Morgan fingerprint density at radius 2 is 1.84 bits per heavy atom. The minimum absolute atomic E-state index is 0.381. The molecule has 0 aliphatic carbocycles. The molecule has 2 aliphatic heterocycles. The first-order chi connectivity index (χ1) is 9.02. The van der Waals surface area contributed by atoms with E-state index in [1.165, 1.54) is 21.6 Å². The number of carbonyl (C=O) groups excluding carboxylic acids is 2. The molecule has 2 saturated heterocycles. The molecule has 7 nitrogen and oxygen atoms in total. The van der Waals surface area contributed by atoms with Crippen molar-refractivity contribution in [2.24, 2.45) is 5.73 Å². The van der Waals surface area contributed by atoms with Crippen molar-refractivity contribution in [2.75, 3.05) is 24.6 Å². The summed E-state index contributed by atoms with van der Waals surface area (Å²) in [6, 6.07) is -1.80. The van der Waals surface area contributed by atoms with Crippen LogP contribution in [0.4, 0.5) is 4.79 Å². The lowest BCUT2D eigenvalue weighted by atomic mass is 10.2. The first-order valence-electron chi connectivity index (χ1n) is 6.19. The van der Waals surface area contributed by atoms with Gasteiger partial charge in [0.15, 0.2) is 0 Å². The number of urea groups is 1. The third kappa shape index (κ3) is 2.78. The molecule has 3 amide bonds. The lowest BCUT2D eigenvalue weighted by Gasteiger charge is -2.36. The smallest absolute Gasteiger partial charge is 0.327 e. The molecule has 0 spiro atoms. The Kier molecular flexibility index (Phi) is 4.18. The lowest BCUT2D eigenvalue weighted by molar-refractivity contribution is -0.141. The number of carboxylic acid groups (broad SMARTS) is 1. The van der Waals surface area contributed by atoms with E-state index in [9.17, 15) is 14.4 Å². The molecule has 2 heterocycles. The molecule has 0 radical (unpaired) electrons. The van der Waals surface area contributed by atoms with E-state index in [0.717, 1.165) is 6.42 Å². The Morgan fingerprint density at radius 3 is 2.47 bits per heavy atom. The van der Waals surface area contributed by atoms with Gasteiger partial charge < -0.3 is 20.6 Å². The molecule has 0 aromatic rings. The van der Waals surface area contributed by atoms with Crippen molar-refractivity contribution in [2.45, 2.75) is 24.9 Å². The number of primary amides is 1. The molecule has 106 valence electrons. The number of nitrogens with zero attached hydrogens (tertiary/aromatic N) is 2. The molecule has 0 aromatic carbocycles. The molecule has 8 heteroatoms. The first kappa shape index (κ1) is 14.0. The van der Waals surface area contributed by atoms with E-state index in [1.807, 2.05) is 0 Å². The molecule has 19 heavy (non-hydrogen) atoms. The summed E-state index contributed by atoms with van der Waals surface area (Å²) in [5.41, 5.74) is 5.28. The van der Waals surface area contributed by atoms with E-state index in [2.05, 4.69) is 0 Å². The van der Waals surface area contributed by atoms with Gasteiger partial charge >= 0.3 is 12.0 Å². The summed E-state index contributed by atoms with van der Waals surface area (Å²) in [7, 11) is 0. The van der Waals surface area contributed by atoms with Gasteiger partial charge in [0.05, 0.1) is 0 Å². The Morgan fingerprint density at radius 1 is 1.16 bits per heavy atom. The molecule has 0 saturated carbocycles. The van der Waals surface area contributed by atoms with Crippen LogP contribution in [0, 0.1) is 0 Å². The number of hydrogen-bond acceptors (Lipinski definition) is 4. The Balaban J connectivity index is 2.13. The number of nitrogens with two attached hydrogens (primary N) is 1. The van der Waals surface area contributed by atoms with Crippen LogP contribution >= 0.6 is 11.8 Å². The minimum Gasteiger partial charge on any atom is -0.480 e. The normalized spacial score (nSPS) is 27.4. The molecular weight excluding hydrogens is 270 g/mol. The zero-order chi connectivity index (χ0) is 14.0. The third-order valence-corrected chi connectivity index (χ3v) is 4.51. The van der Waals surface area contributed by atoms with E-state index in [0.29, 0.717) is 31.0 Å². The van der Waals surface area contributed by atoms with Crippen LogP contribution in [0.15, 0.2) is 0 Å². The van der Waals surface area contributed by atoms with Gasteiger partial charge in [0, 0.05) is 24.6 Å². The van der Waals surface area contributed by atoms with Gasteiger partial charge in [-0.3, -0.25) is 4.79 Å². The van der Waals surface area contributed by atoms with Crippen molar-refractivity contribution in [3.05, 3.63) is 0 Å². The summed E-state index contributed by atoms with van der Waals surface area (Å²) in [5, 5.41) is 9.16. The van der Waals surface area contributed by atoms with Gasteiger partial charge in [-0.2, -0.15) is 11.8 Å². The van der Waals surface area contributed by atoms with Crippen LogP contribution < -0.4 is 5.73 Å². The van der Waals surface area contributed by atoms with Crippen LogP contribution in [0.5, 0.6) is 0 Å². The first-order valence-corrected chi connectivity index (χ1v) is 7.35. The molecular formula is C11H17N3O4S. The molecule has 2 fully saturated rings. The van der Waals surface area contributed by atoms with E-state index < -0.39 is 24.0 Å². The molecule has 2 aliphatic rings. The second-order valence-electron chi connectivity index (χ2n) is 4.66. The van der Waals surface area contributed by atoms with Gasteiger partial charge in [-0.15, -0.1) is 0 Å². The van der Waals surface area contributed by atoms with E-state index in [4.69, 9.17) is 10.8 Å². The van der Waals surface area contributed by atoms with Gasteiger partial charge in [-0.05, 0) is 12.8 Å². The van der Waals surface area contributed by atoms with Crippen molar-refractivity contribution in [3.63, 3.8) is 0 Å². The van der Waals surface area contributed by atoms with Gasteiger partial charge in [-0.25, -0.2) is 9.59 Å². The zero-order valence-electron chi connectivity index (χ0n) is 10.4. The van der Waals surface area contributed by atoms with E-state index in [-0.39, 0.29) is 6.03 Å².